The van der Waals surface area contributed by atoms with Gasteiger partial charge in [-0.1, -0.05) is 35.4 Å². The molecule has 0 spiro atoms. The van der Waals surface area contributed by atoms with Crippen molar-refractivity contribution >= 4 is 17.4 Å². The van der Waals surface area contributed by atoms with Gasteiger partial charge in [-0.2, -0.15) is 5.10 Å². The summed E-state index contributed by atoms with van der Waals surface area (Å²) in [5.74, 6) is 1.12. The monoisotopic (exact) mass is 337 g/mol. The van der Waals surface area contributed by atoms with E-state index in [4.69, 9.17) is 16.7 Å². The van der Waals surface area contributed by atoms with Gasteiger partial charge in [0.05, 0.1) is 11.4 Å². The molecule has 0 bridgehead atoms. The zero-order valence-corrected chi connectivity index (χ0v) is 14.5. The van der Waals surface area contributed by atoms with E-state index in [1.807, 2.05) is 28.9 Å². The summed E-state index contributed by atoms with van der Waals surface area (Å²) < 4.78 is 2.02. The van der Waals surface area contributed by atoms with Gasteiger partial charge >= 0.3 is 0 Å². The zero-order chi connectivity index (χ0) is 16.5. The van der Waals surface area contributed by atoms with Crippen molar-refractivity contribution in [3.8, 4) is 16.9 Å². The number of halogens is 1. The molecule has 0 fully saturated rings. The van der Waals surface area contributed by atoms with Crippen molar-refractivity contribution in [2.75, 3.05) is 11.9 Å². The number of fused-ring (bicyclic) bond motifs is 1. The molecule has 0 radical (unpaired) electrons. The van der Waals surface area contributed by atoms with Crippen LogP contribution in [0.1, 0.15) is 24.0 Å². The largest absolute Gasteiger partial charge is 0.370 e. The molecule has 2 aromatic carbocycles. The van der Waals surface area contributed by atoms with Crippen molar-refractivity contribution in [3.63, 3.8) is 0 Å². The highest BCUT2D eigenvalue weighted by molar-refractivity contribution is 6.30. The maximum atomic E-state index is 6.04. The second-order valence-electron chi connectivity index (χ2n) is 6.32. The van der Waals surface area contributed by atoms with Crippen molar-refractivity contribution in [2.24, 2.45) is 0 Å². The first kappa shape index (κ1) is 15.3. The van der Waals surface area contributed by atoms with Gasteiger partial charge in [0.1, 0.15) is 5.82 Å². The van der Waals surface area contributed by atoms with E-state index in [0.717, 1.165) is 35.2 Å². The van der Waals surface area contributed by atoms with Crippen molar-refractivity contribution in [1.82, 2.24) is 9.78 Å². The van der Waals surface area contributed by atoms with Gasteiger partial charge in [-0.3, -0.25) is 0 Å². The second-order valence-corrected chi connectivity index (χ2v) is 6.75. The minimum atomic E-state index is 0.740. The van der Waals surface area contributed by atoms with Crippen LogP contribution in [0.3, 0.4) is 0 Å². The Labute approximate surface area is 147 Å². The third kappa shape index (κ3) is 2.80. The van der Waals surface area contributed by atoms with Crippen LogP contribution in [-0.4, -0.2) is 16.3 Å². The molecule has 122 valence electrons. The molecule has 4 rings (SSSR count). The fraction of sp³-hybridized carbons (Fsp3) is 0.250. The molecular formula is C20H20ClN3. The number of benzene rings is 2. The number of aromatic nitrogens is 2. The van der Waals surface area contributed by atoms with E-state index in [9.17, 15) is 0 Å². The molecule has 1 aliphatic heterocycles. The van der Waals surface area contributed by atoms with Gasteiger partial charge < -0.3 is 5.32 Å². The molecule has 1 N–H and O–H groups in total. The molecule has 24 heavy (non-hydrogen) atoms. The summed E-state index contributed by atoms with van der Waals surface area (Å²) in [6.07, 6.45) is 3.42. The van der Waals surface area contributed by atoms with E-state index in [-0.39, 0.29) is 0 Å². The van der Waals surface area contributed by atoms with Gasteiger partial charge in [0.2, 0.25) is 0 Å². The topological polar surface area (TPSA) is 29.9 Å². The lowest BCUT2D eigenvalue weighted by Gasteiger charge is -2.09. The Morgan fingerprint density at radius 1 is 1.08 bits per heavy atom. The molecule has 1 aliphatic rings. The van der Waals surface area contributed by atoms with Crippen LogP contribution in [0.25, 0.3) is 16.9 Å². The molecule has 1 aromatic heterocycles. The van der Waals surface area contributed by atoms with Crippen molar-refractivity contribution in [1.29, 1.82) is 0 Å². The Hall–Kier alpha value is -2.26. The average molecular weight is 338 g/mol. The molecule has 3 nitrogen and oxygen atoms in total. The zero-order valence-electron chi connectivity index (χ0n) is 13.7. The van der Waals surface area contributed by atoms with Crippen LogP contribution in [0, 0.1) is 6.92 Å². The Bertz CT molecular complexity index is 865. The predicted molar refractivity (Wildman–Crippen MR) is 100 cm³/mol. The highest BCUT2D eigenvalue weighted by Crippen LogP contribution is 2.34. The first-order valence-electron chi connectivity index (χ1n) is 8.41. The van der Waals surface area contributed by atoms with Crippen LogP contribution >= 0.6 is 11.6 Å². The molecular weight excluding hydrogens is 318 g/mol. The molecule has 0 unspecified atom stereocenters. The van der Waals surface area contributed by atoms with E-state index in [0.29, 0.717) is 0 Å². The van der Waals surface area contributed by atoms with E-state index in [1.165, 1.54) is 29.5 Å². The maximum Gasteiger partial charge on any atom is 0.133 e. The standard InChI is InChI=1S/C20H20ClN3/c1-14-5-4-6-15(13-14)19-18-7-2-3-12-22-20(18)24(23-19)17-10-8-16(21)9-11-17/h4-6,8-11,13,22H,2-3,7,12H2,1H3. The Morgan fingerprint density at radius 3 is 2.71 bits per heavy atom. The third-order valence-electron chi connectivity index (χ3n) is 4.49. The first-order valence-corrected chi connectivity index (χ1v) is 8.79. The van der Waals surface area contributed by atoms with Gasteiger partial charge in [-0.25, -0.2) is 4.68 Å². The summed E-state index contributed by atoms with van der Waals surface area (Å²) in [6.45, 7) is 3.11. The molecule has 0 aliphatic carbocycles. The van der Waals surface area contributed by atoms with Crippen LogP contribution in [0.4, 0.5) is 5.82 Å². The smallest absolute Gasteiger partial charge is 0.133 e. The molecule has 0 atom stereocenters. The maximum absolute atomic E-state index is 6.04. The van der Waals surface area contributed by atoms with E-state index < -0.39 is 0 Å². The molecule has 2 heterocycles. The number of hydrogen-bond donors (Lipinski definition) is 1. The van der Waals surface area contributed by atoms with Gasteiger partial charge in [-0.15, -0.1) is 0 Å². The minimum absolute atomic E-state index is 0.740. The summed E-state index contributed by atoms with van der Waals surface area (Å²) in [4.78, 5) is 0. The van der Waals surface area contributed by atoms with Gasteiger partial charge in [0.25, 0.3) is 0 Å². The lowest BCUT2D eigenvalue weighted by Crippen LogP contribution is -2.07. The number of nitrogens with zero attached hydrogens (tertiary/aromatic N) is 2. The Kier molecular flexibility index (Phi) is 4.03. The predicted octanol–water partition coefficient (Wildman–Crippen LogP) is 5.25. The van der Waals surface area contributed by atoms with Crippen LogP contribution in [-0.2, 0) is 6.42 Å². The number of hydrogen-bond acceptors (Lipinski definition) is 2. The van der Waals surface area contributed by atoms with E-state index in [1.54, 1.807) is 0 Å². The molecule has 4 heteroatoms. The Balaban J connectivity index is 1.90. The van der Waals surface area contributed by atoms with Gasteiger partial charge in [-0.05, 0) is 56.5 Å². The highest BCUT2D eigenvalue weighted by atomic mass is 35.5. The first-order chi connectivity index (χ1) is 11.7. The normalized spacial score (nSPS) is 13.9. The fourth-order valence-corrected chi connectivity index (χ4v) is 3.42. The summed E-state index contributed by atoms with van der Waals surface area (Å²) in [7, 11) is 0. The van der Waals surface area contributed by atoms with Gasteiger partial charge in [0, 0.05) is 22.7 Å². The molecule has 0 amide bonds. The number of nitrogens with one attached hydrogen (secondary N) is 1. The number of aryl methyl sites for hydroxylation is 1. The third-order valence-corrected chi connectivity index (χ3v) is 4.74. The van der Waals surface area contributed by atoms with Crippen molar-refractivity contribution < 1.29 is 0 Å². The van der Waals surface area contributed by atoms with Crippen LogP contribution in [0.2, 0.25) is 5.02 Å². The fourth-order valence-electron chi connectivity index (χ4n) is 3.30. The summed E-state index contributed by atoms with van der Waals surface area (Å²) in [5.41, 5.74) is 5.86. The SMILES string of the molecule is Cc1cccc(-c2nn(-c3ccc(Cl)cc3)c3c2CCCCN3)c1. The van der Waals surface area contributed by atoms with E-state index in [2.05, 4.69) is 36.5 Å². The van der Waals surface area contributed by atoms with Crippen molar-refractivity contribution in [3.05, 3.63) is 64.7 Å². The second kappa shape index (κ2) is 6.33. The lowest BCUT2D eigenvalue weighted by atomic mass is 10.0. The highest BCUT2D eigenvalue weighted by Gasteiger charge is 2.21. The number of rotatable bonds is 2. The minimum Gasteiger partial charge on any atom is -0.370 e. The molecule has 3 aromatic rings. The van der Waals surface area contributed by atoms with Crippen LogP contribution in [0.5, 0.6) is 0 Å². The lowest BCUT2D eigenvalue weighted by molar-refractivity contribution is 0.780. The Morgan fingerprint density at radius 2 is 1.92 bits per heavy atom. The quantitative estimate of drug-likeness (QED) is 0.692. The summed E-state index contributed by atoms with van der Waals surface area (Å²) >= 11 is 6.04. The van der Waals surface area contributed by atoms with Gasteiger partial charge in [0.15, 0.2) is 0 Å². The summed E-state index contributed by atoms with van der Waals surface area (Å²) in [6, 6.07) is 16.4. The van der Waals surface area contributed by atoms with Crippen LogP contribution < -0.4 is 5.32 Å². The summed E-state index contributed by atoms with van der Waals surface area (Å²) in [5, 5.41) is 9.27. The average Bonchev–Trinajstić information content (AvgIpc) is 2.77. The number of anilines is 1. The van der Waals surface area contributed by atoms with E-state index >= 15 is 0 Å². The molecule has 0 saturated heterocycles. The van der Waals surface area contributed by atoms with Crippen LogP contribution in [0.15, 0.2) is 48.5 Å². The van der Waals surface area contributed by atoms with Crippen molar-refractivity contribution in [2.45, 2.75) is 26.2 Å². The molecule has 0 saturated carbocycles.